The molecule has 1 aromatic rings. The Morgan fingerprint density at radius 2 is 2.35 bits per heavy atom. The summed E-state index contributed by atoms with van der Waals surface area (Å²) in [6.07, 6.45) is 6.17. The second kappa shape index (κ2) is 5.83. The smallest absolute Gasteiger partial charge is 0.185 e. The first-order valence-corrected chi connectivity index (χ1v) is 7.46. The molecule has 1 heterocycles. The van der Waals surface area contributed by atoms with E-state index >= 15 is 0 Å². The number of thiazole rings is 1. The molecule has 0 saturated carbocycles. The highest BCUT2D eigenvalue weighted by molar-refractivity contribution is 7.15. The molecule has 0 fully saturated rings. The predicted molar refractivity (Wildman–Crippen MR) is 75.0 cm³/mol. The first-order chi connectivity index (χ1) is 8.26. The fraction of sp³-hybridized carbons (Fsp3) is 0.769. The summed E-state index contributed by atoms with van der Waals surface area (Å²) < 4.78 is 0. The first-order valence-electron chi connectivity index (χ1n) is 6.64. The van der Waals surface area contributed by atoms with Crippen molar-refractivity contribution >= 4 is 16.5 Å². The number of hydrogen-bond donors (Lipinski definition) is 1. The minimum absolute atomic E-state index is 0.532. The maximum atomic E-state index is 4.81. The maximum absolute atomic E-state index is 4.81. The van der Waals surface area contributed by atoms with E-state index in [1.165, 1.54) is 41.4 Å². The van der Waals surface area contributed by atoms with Gasteiger partial charge in [0.05, 0.1) is 5.69 Å². The topological polar surface area (TPSA) is 28.2 Å². The summed E-state index contributed by atoms with van der Waals surface area (Å²) in [5.74, 6) is 0. The molecule has 2 rings (SSSR count). The fourth-order valence-corrected chi connectivity index (χ4v) is 3.58. The van der Waals surface area contributed by atoms with Crippen LogP contribution < -0.4 is 10.2 Å². The van der Waals surface area contributed by atoms with E-state index in [-0.39, 0.29) is 0 Å². The van der Waals surface area contributed by atoms with Crippen molar-refractivity contribution in [2.45, 2.75) is 45.1 Å². The van der Waals surface area contributed by atoms with Gasteiger partial charge in [0.1, 0.15) is 0 Å². The molecule has 0 aliphatic heterocycles. The molecule has 0 spiro atoms. The van der Waals surface area contributed by atoms with Crippen molar-refractivity contribution in [1.29, 1.82) is 0 Å². The second-order valence-electron chi connectivity index (χ2n) is 4.82. The first kappa shape index (κ1) is 12.8. The highest BCUT2D eigenvalue weighted by atomic mass is 32.1. The fourth-order valence-electron chi connectivity index (χ4n) is 2.34. The van der Waals surface area contributed by atoms with E-state index in [0.29, 0.717) is 6.04 Å². The maximum Gasteiger partial charge on any atom is 0.185 e. The Labute approximate surface area is 108 Å². The summed E-state index contributed by atoms with van der Waals surface area (Å²) in [4.78, 5) is 8.58. The number of hydrogen-bond acceptors (Lipinski definition) is 4. The Hall–Kier alpha value is -0.610. The van der Waals surface area contributed by atoms with Crippen molar-refractivity contribution < 1.29 is 0 Å². The molecule has 1 atom stereocenters. The summed E-state index contributed by atoms with van der Waals surface area (Å²) in [5.41, 5.74) is 1.33. The highest BCUT2D eigenvalue weighted by Gasteiger charge is 2.24. The van der Waals surface area contributed by atoms with Crippen LogP contribution in [-0.2, 0) is 6.42 Å². The van der Waals surface area contributed by atoms with E-state index in [0.717, 1.165) is 13.0 Å². The van der Waals surface area contributed by atoms with E-state index in [4.69, 9.17) is 4.98 Å². The summed E-state index contributed by atoms with van der Waals surface area (Å²) in [7, 11) is 4.22. The number of aromatic nitrogens is 1. The number of fused-ring (bicyclic) bond motifs is 1. The Kier molecular flexibility index (Phi) is 4.40. The van der Waals surface area contributed by atoms with Crippen LogP contribution in [0, 0.1) is 0 Å². The van der Waals surface area contributed by atoms with Crippen molar-refractivity contribution in [2.75, 3.05) is 25.5 Å². The molecule has 0 aromatic carbocycles. The Balaban J connectivity index is 2.12. The average molecular weight is 253 g/mol. The highest BCUT2D eigenvalue weighted by Crippen LogP contribution is 2.37. The molecule has 0 radical (unpaired) electrons. The summed E-state index contributed by atoms with van der Waals surface area (Å²) in [6, 6.07) is 0.532. The lowest BCUT2D eigenvalue weighted by molar-refractivity contribution is 0.501. The van der Waals surface area contributed by atoms with Crippen LogP contribution in [0.2, 0.25) is 0 Å². The number of unbranched alkanes of at least 4 members (excludes halogenated alkanes) is 1. The number of anilines is 1. The lowest BCUT2D eigenvalue weighted by atomic mass is 9.98. The van der Waals surface area contributed by atoms with Crippen LogP contribution in [0.3, 0.4) is 0 Å². The quantitative estimate of drug-likeness (QED) is 0.874. The van der Waals surface area contributed by atoms with Gasteiger partial charge in [-0.05, 0) is 32.7 Å². The van der Waals surface area contributed by atoms with Crippen LogP contribution in [0.1, 0.15) is 49.2 Å². The zero-order chi connectivity index (χ0) is 12.3. The van der Waals surface area contributed by atoms with Gasteiger partial charge in [-0.3, -0.25) is 0 Å². The molecule has 1 N–H and O–H groups in total. The summed E-state index contributed by atoms with van der Waals surface area (Å²) >= 11 is 1.88. The van der Waals surface area contributed by atoms with Gasteiger partial charge in [-0.15, -0.1) is 0 Å². The lowest BCUT2D eigenvalue weighted by Crippen LogP contribution is -2.20. The van der Waals surface area contributed by atoms with Gasteiger partial charge in [-0.2, -0.15) is 0 Å². The third-order valence-corrected chi connectivity index (χ3v) is 4.79. The van der Waals surface area contributed by atoms with Crippen LogP contribution in [0.25, 0.3) is 0 Å². The van der Waals surface area contributed by atoms with Crippen LogP contribution in [-0.4, -0.2) is 25.6 Å². The number of aryl methyl sites for hydroxylation is 1. The number of nitrogens with zero attached hydrogens (tertiary/aromatic N) is 2. The molecule has 1 unspecified atom stereocenters. The molecule has 0 saturated heterocycles. The van der Waals surface area contributed by atoms with E-state index in [1.807, 2.05) is 11.3 Å². The standard InChI is InChI=1S/C13H23N3S/c1-4-5-9-16(3)13-15-11-8-6-7-10(14-2)12(11)17-13/h10,14H,4-9H2,1-3H3. The van der Waals surface area contributed by atoms with Crippen molar-refractivity contribution in [3.63, 3.8) is 0 Å². The van der Waals surface area contributed by atoms with Gasteiger partial charge < -0.3 is 10.2 Å². The lowest BCUT2D eigenvalue weighted by Gasteiger charge is -2.19. The Morgan fingerprint density at radius 3 is 3.06 bits per heavy atom. The summed E-state index contributed by atoms with van der Waals surface area (Å²) in [6.45, 7) is 3.35. The number of rotatable bonds is 5. The minimum Gasteiger partial charge on any atom is -0.351 e. The third-order valence-electron chi connectivity index (χ3n) is 3.46. The molecule has 0 amide bonds. The van der Waals surface area contributed by atoms with E-state index < -0.39 is 0 Å². The SMILES string of the molecule is CCCCN(C)c1nc2c(s1)C(NC)CCC2. The van der Waals surface area contributed by atoms with Gasteiger partial charge in [0.25, 0.3) is 0 Å². The number of nitrogens with one attached hydrogen (secondary N) is 1. The van der Waals surface area contributed by atoms with Crippen molar-refractivity contribution in [1.82, 2.24) is 10.3 Å². The predicted octanol–water partition coefficient (Wildman–Crippen LogP) is 2.98. The Bertz CT molecular complexity index is 362. The molecular formula is C13H23N3S. The average Bonchev–Trinajstić information content (AvgIpc) is 2.79. The zero-order valence-corrected chi connectivity index (χ0v) is 11.9. The summed E-state index contributed by atoms with van der Waals surface area (Å²) in [5, 5.41) is 4.61. The molecule has 4 heteroatoms. The normalized spacial score (nSPS) is 19.1. The third kappa shape index (κ3) is 2.80. The molecular weight excluding hydrogens is 230 g/mol. The van der Waals surface area contributed by atoms with Gasteiger partial charge in [0, 0.05) is 24.5 Å². The molecule has 96 valence electrons. The monoisotopic (exact) mass is 253 g/mol. The van der Waals surface area contributed by atoms with Gasteiger partial charge in [-0.25, -0.2) is 4.98 Å². The van der Waals surface area contributed by atoms with Crippen molar-refractivity contribution in [2.24, 2.45) is 0 Å². The van der Waals surface area contributed by atoms with Gasteiger partial charge in [0.15, 0.2) is 5.13 Å². The van der Waals surface area contributed by atoms with E-state index in [2.05, 4.69) is 31.2 Å². The van der Waals surface area contributed by atoms with Crippen LogP contribution in [0.5, 0.6) is 0 Å². The zero-order valence-electron chi connectivity index (χ0n) is 11.1. The van der Waals surface area contributed by atoms with E-state index in [9.17, 15) is 0 Å². The van der Waals surface area contributed by atoms with Gasteiger partial charge in [0.2, 0.25) is 0 Å². The van der Waals surface area contributed by atoms with Crippen molar-refractivity contribution in [3.05, 3.63) is 10.6 Å². The van der Waals surface area contributed by atoms with Gasteiger partial charge >= 0.3 is 0 Å². The molecule has 0 bridgehead atoms. The molecule has 3 nitrogen and oxygen atoms in total. The molecule has 1 aromatic heterocycles. The van der Waals surface area contributed by atoms with Crippen LogP contribution in [0.15, 0.2) is 0 Å². The van der Waals surface area contributed by atoms with Crippen LogP contribution in [0.4, 0.5) is 5.13 Å². The van der Waals surface area contributed by atoms with Crippen LogP contribution >= 0.6 is 11.3 Å². The van der Waals surface area contributed by atoms with Crippen molar-refractivity contribution in [3.8, 4) is 0 Å². The largest absolute Gasteiger partial charge is 0.351 e. The van der Waals surface area contributed by atoms with Gasteiger partial charge in [-0.1, -0.05) is 24.7 Å². The molecule has 1 aliphatic carbocycles. The molecule has 17 heavy (non-hydrogen) atoms. The minimum atomic E-state index is 0.532. The van der Waals surface area contributed by atoms with E-state index in [1.54, 1.807) is 0 Å². The Morgan fingerprint density at radius 1 is 1.53 bits per heavy atom. The second-order valence-corrected chi connectivity index (χ2v) is 5.83. The molecule has 1 aliphatic rings.